The number of ether oxygens (including phenoxy) is 2. The van der Waals surface area contributed by atoms with E-state index < -0.39 is 12.6 Å². The first kappa shape index (κ1) is 21.2. The molecular weight excluding hydrogens is 307 g/mol. The van der Waals surface area contributed by atoms with Crippen LogP contribution in [-0.4, -0.2) is 22.8 Å². The molecule has 118 valence electrons. The van der Waals surface area contributed by atoms with Crippen LogP contribution in [0.3, 0.4) is 0 Å². The smallest absolute Gasteiger partial charge is 0.197 e. The number of hydrogen-bond acceptors (Lipinski definition) is 6. The molecule has 0 bridgehead atoms. The number of nitrogens with two attached hydrogens (primary N) is 2. The van der Waals surface area contributed by atoms with E-state index in [2.05, 4.69) is 0 Å². The lowest BCUT2D eigenvalue weighted by Gasteiger charge is -2.19. The third-order valence-electron chi connectivity index (χ3n) is 2.40. The number of halogens is 2. The predicted molar refractivity (Wildman–Crippen MR) is 83.6 cm³/mol. The van der Waals surface area contributed by atoms with Crippen LogP contribution in [0.2, 0.25) is 0 Å². The average Bonchev–Trinajstić information content (AvgIpc) is 2.37. The van der Waals surface area contributed by atoms with Crippen LogP contribution in [-0.2, 0) is 0 Å². The highest BCUT2D eigenvalue weighted by Crippen LogP contribution is 2.38. The summed E-state index contributed by atoms with van der Waals surface area (Å²) in [5.41, 5.74) is 12.0. The first-order chi connectivity index (χ1) is 8.49. The SMILES string of the molecule is CCC(O)Oc1ccc(N)c(OC(O)CC)c1N.Cl.Cl. The van der Waals surface area contributed by atoms with Gasteiger partial charge in [0, 0.05) is 12.8 Å². The Bertz CT molecular complexity index is 407. The van der Waals surface area contributed by atoms with E-state index in [1.165, 1.54) is 0 Å². The molecule has 0 heterocycles. The van der Waals surface area contributed by atoms with Gasteiger partial charge in [0.2, 0.25) is 0 Å². The number of aliphatic hydroxyl groups excluding tert-OH is 2. The molecule has 1 aromatic carbocycles. The van der Waals surface area contributed by atoms with Crippen molar-refractivity contribution in [2.75, 3.05) is 11.5 Å². The molecule has 6 N–H and O–H groups in total. The van der Waals surface area contributed by atoms with Crippen LogP contribution in [0.1, 0.15) is 26.7 Å². The van der Waals surface area contributed by atoms with Crippen molar-refractivity contribution in [2.45, 2.75) is 39.3 Å². The Labute approximate surface area is 130 Å². The molecule has 0 saturated carbocycles. The van der Waals surface area contributed by atoms with Crippen molar-refractivity contribution in [1.29, 1.82) is 0 Å². The maximum atomic E-state index is 9.46. The minimum Gasteiger partial charge on any atom is -0.463 e. The summed E-state index contributed by atoms with van der Waals surface area (Å²) in [5.74, 6) is 0.446. The fourth-order valence-electron chi connectivity index (χ4n) is 1.28. The summed E-state index contributed by atoms with van der Waals surface area (Å²) in [6.45, 7) is 3.54. The number of nitrogen functional groups attached to an aromatic ring is 2. The summed E-state index contributed by atoms with van der Waals surface area (Å²) < 4.78 is 10.4. The predicted octanol–water partition coefficient (Wildman–Crippen LogP) is 1.91. The van der Waals surface area contributed by atoms with Gasteiger partial charge in [-0.1, -0.05) is 13.8 Å². The third kappa shape index (κ3) is 5.50. The second-order valence-electron chi connectivity index (χ2n) is 3.86. The van der Waals surface area contributed by atoms with Gasteiger partial charge in [0.1, 0.15) is 11.4 Å². The van der Waals surface area contributed by atoms with Crippen LogP contribution < -0.4 is 20.9 Å². The zero-order valence-electron chi connectivity index (χ0n) is 11.4. The first-order valence-electron chi connectivity index (χ1n) is 5.86. The Hall–Kier alpha value is -1.08. The standard InChI is InChI=1S/C12H20N2O4.2ClH/c1-3-9(15)17-8-6-5-7(13)12(11(8)14)18-10(16)4-2;;/h5-6,9-10,15-16H,3-4,13-14H2,1-2H3;2*1H. The maximum Gasteiger partial charge on any atom is 0.197 e. The van der Waals surface area contributed by atoms with Crippen molar-refractivity contribution in [3.8, 4) is 11.5 Å². The topological polar surface area (TPSA) is 111 Å². The molecule has 0 amide bonds. The number of aliphatic hydroxyl groups is 2. The van der Waals surface area contributed by atoms with E-state index in [0.29, 0.717) is 18.5 Å². The van der Waals surface area contributed by atoms with Gasteiger partial charge in [-0.2, -0.15) is 0 Å². The number of hydrogen-bond donors (Lipinski definition) is 4. The van der Waals surface area contributed by atoms with Crippen molar-refractivity contribution >= 4 is 36.2 Å². The highest BCUT2D eigenvalue weighted by atomic mass is 35.5. The molecule has 2 unspecified atom stereocenters. The zero-order valence-corrected chi connectivity index (χ0v) is 13.0. The Kier molecular flexibility index (Phi) is 10.4. The molecular formula is C12H22Cl2N2O4. The average molecular weight is 329 g/mol. The van der Waals surface area contributed by atoms with Crippen molar-refractivity contribution in [3.05, 3.63) is 12.1 Å². The molecule has 0 spiro atoms. The fraction of sp³-hybridized carbons (Fsp3) is 0.500. The lowest BCUT2D eigenvalue weighted by Crippen LogP contribution is -2.18. The van der Waals surface area contributed by atoms with Crippen LogP contribution >= 0.6 is 24.8 Å². The maximum absolute atomic E-state index is 9.46. The Morgan fingerprint density at radius 2 is 1.50 bits per heavy atom. The lowest BCUT2D eigenvalue weighted by atomic mass is 10.2. The zero-order chi connectivity index (χ0) is 13.7. The summed E-state index contributed by atoms with van der Waals surface area (Å²) in [7, 11) is 0. The van der Waals surface area contributed by atoms with E-state index in [1.54, 1.807) is 26.0 Å². The normalized spacial score (nSPS) is 12.6. The molecule has 0 radical (unpaired) electrons. The van der Waals surface area contributed by atoms with Crippen LogP contribution in [0, 0.1) is 0 Å². The molecule has 2 atom stereocenters. The molecule has 0 aliphatic heterocycles. The number of rotatable bonds is 6. The van der Waals surface area contributed by atoms with Crippen LogP contribution in [0.25, 0.3) is 0 Å². The van der Waals surface area contributed by atoms with E-state index in [0.717, 1.165) is 0 Å². The molecule has 1 rings (SSSR count). The van der Waals surface area contributed by atoms with Gasteiger partial charge in [0.15, 0.2) is 18.3 Å². The van der Waals surface area contributed by atoms with E-state index in [9.17, 15) is 10.2 Å². The van der Waals surface area contributed by atoms with Crippen LogP contribution in [0.4, 0.5) is 11.4 Å². The minimum absolute atomic E-state index is 0. The highest BCUT2D eigenvalue weighted by Gasteiger charge is 2.16. The van der Waals surface area contributed by atoms with E-state index in [-0.39, 0.29) is 42.0 Å². The van der Waals surface area contributed by atoms with Gasteiger partial charge >= 0.3 is 0 Å². The van der Waals surface area contributed by atoms with Gasteiger partial charge in [-0.05, 0) is 12.1 Å². The second-order valence-corrected chi connectivity index (χ2v) is 3.86. The van der Waals surface area contributed by atoms with E-state index in [4.69, 9.17) is 20.9 Å². The van der Waals surface area contributed by atoms with Crippen molar-refractivity contribution in [2.24, 2.45) is 0 Å². The summed E-state index contributed by atoms with van der Waals surface area (Å²) in [6, 6.07) is 3.10. The fourth-order valence-corrected chi connectivity index (χ4v) is 1.28. The lowest BCUT2D eigenvalue weighted by molar-refractivity contribution is -0.0225. The van der Waals surface area contributed by atoms with Gasteiger partial charge in [0.05, 0.1) is 5.69 Å². The summed E-state index contributed by atoms with van der Waals surface area (Å²) in [6.07, 6.45) is -1.10. The Balaban J connectivity index is 0. The molecule has 20 heavy (non-hydrogen) atoms. The molecule has 0 fully saturated rings. The molecule has 1 aromatic rings. The van der Waals surface area contributed by atoms with Gasteiger partial charge in [-0.25, -0.2) is 0 Å². The molecule has 0 aliphatic carbocycles. The molecule has 8 heteroatoms. The molecule has 0 saturated heterocycles. The van der Waals surface area contributed by atoms with E-state index >= 15 is 0 Å². The molecule has 6 nitrogen and oxygen atoms in total. The van der Waals surface area contributed by atoms with Gasteiger partial charge in [-0.15, -0.1) is 24.8 Å². The second kappa shape index (κ2) is 9.77. The molecule has 0 aromatic heterocycles. The van der Waals surface area contributed by atoms with Crippen LogP contribution in [0.5, 0.6) is 11.5 Å². The first-order valence-corrected chi connectivity index (χ1v) is 5.86. The number of benzene rings is 1. The molecule has 0 aliphatic rings. The van der Waals surface area contributed by atoms with Gasteiger partial charge in [0.25, 0.3) is 0 Å². The number of anilines is 2. The quantitative estimate of drug-likeness (QED) is 0.469. The van der Waals surface area contributed by atoms with Crippen molar-refractivity contribution in [1.82, 2.24) is 0 Å². The van der Waals surface area contributed by atoms with Gasteiger partial charge in [-0.3, -0.25) is 0 Å². The largest absolute Gasteiger partial charge is 0.463 e. The summed E-state index contributed by atoms with van der Waals surface area (Å²) in [5, 5.41) is 18.9. The third-order valence-corrected chi connectivity index (χ3v) is 2.40. The summed E-state index contributed by atoms with van der Waals surface area (Å²) in [4.78, 5) is 0. The van der Waals surface area contributed by atoms with Crippen molar-refractivity contribution in [3.63, 3.8) is 0 Å². The van der Waals surface area contributed by atoms with Gasteiger partial charge < -0.3 is 31.2 Å². The van der Waals surface area contributed by atoms with Crippen molar-refractivity contribution < 1.29 is 19.7 Å². The van der Waals surface area contributed by atoms with E-state index in [1.807, 2.05) is 0 Å². The Morgan fingerprint density at radius 3 is 2.00 bits per heavy atom. The monoisotopic (exact) mass is 328 g/mol. The minimum atomic E-state index is -0.985. The Morgan fingerprint density at radius 1 is 1.00 bits per heavy atom. The van der Waals surface area contributed by atoms with Crippen LogP contribution in [0.15, 0.2) is 12.1 Å². The summed E-state index contributed by atoms with van der Waals surface area (Å²) >= 11 is 0. The highest BCUT2D eigenvalue weighted by molar-refractivity contribution is 5.85.